The molecule has 5 rings (SSSR count). The second-order valence-electron chi connectivity index (χ2n) is 10.5. The number of hydrogen-bond acceptors (Lipinski definition) is 7. The van der Waals surface area contributed by atoms with E-state index in [0.717, 1.165) is 44.1 Å². The molecule has 2 amide bonds. The van der Waals surface area contributed by atoms with Crippen molar-refractivity contribution in [2.75, 3.05) is 32.1 Å². The van der Waals surface area contributed by atoms with E-state index in [1.54, 1.807) is 18.2 Å². The Morgan fingerprint density at radius 3 is 2.48 bits per heavy atom. The van der Waals surface area contributed by atoms with Crippen LogP contribution in [0.1, 0.15) is 24.0 Å². The summed E-state index contributed by atoms with van der Waals surface area (Å²) in [6.45, 7) is 1.85. The predicted octanol–water partition coefficient (Wildman–Crippen LogP) is 6.48. The van der Waals surface area contributed by atoms with Crippen LogP contribution >= 0.6 is 11.6 Å². The van der Waals surface area contributed by atoms with Gasteiger partial charge in [-0.05, 0) is 73.8 Å². The van der Waals surface area contributed by atoms with Crippen LogP contribution in [0, 0.1) is 11.7 Å². The number of benzene rings is 3. The molecule has 0 spiro atoms. The fraction of sp³-hybridized carbons (Fsp3) is 0.281. The number of fused-ring (bicyclic) bond motifs is 1. The minimum atomic E-state index is -4.72. The lowest BCUT2D eigenvalue weighted by molar-refractivity contribution is -0.139. The number of hydrogen-bond donors (Lipinski definition) is 3. The molecule has 14 heteroatoms. The lowest BCUT2D eigenvalue weighted by Gasteiger charge is -2.23. The van der Waals surface area contributed by atoms with Crippen molar-refractivity contribution in [2.24, 2.45) is 5.92 Å². The van der Waals surface area contributed by atoms with E-state index in [-0.39, 0.29) is 27.8 Å². The number of nitrogens with zero attached hydrogens (tertiary/aromatic N) is 1. The topological polar surface area (TPSA) is 111 Å². The van der Waals surface area contributed by atoms with Gasteiger partial charge < -0.3 is 30.2 Å². The molecule has 1 aliphatic rings. The fourth-order valence-corrected chi connectivity index (χ4v) is 5.11. The van der Waals surface area contributed by atoms with Gasteiger partial charge in [-0.2, -0.15) is 13.2 Å². The van der Waals surface area contributed by atoms with Crippen LogP contribution in [0.5, 0.6) is 23.0 Å². The predicted molar refractivity (Wildman–Crippen MR) is 163 cm³/mol. The van der Waals surface area contributed by atoms with E-state index in [9.17, 15) is 22.8 Å². The van der Waals surface area contributed by atoms with E-state index in [2.05, 4.69) is 20.9 Å². The van der Waals surface area contributed by atoms with Gasteiger partial charge in [0.1, 0.15) is 5.75 Å². The molecule has 1 aromatic heterocycles. The lowest BCUT2D eigenvalue weighted by atomic mass is 9.99. The van der Waals surface area contributed by atoms with E-state index >= 15 is 4.39 Å². The van der Waals surface area contributed by atoms with E-state index in [1.807, 2.05) is 0 Å². The van der Waals surface area contributed by atoms with Crippen LogP contribution in [0.25, 0.3) is 10.9 Å². The highest BCUT2D eigenvalue weighted by Gasteiger charge is 2.33. The van der Waals surface area contributed by atoms with Gasteiger partial charge in [-0.25, -0.2) is 4.39 Å². The number of ether oxygens (including phenoxy) is 3. The zero-order chi connectivity index (χ0) is 32.8. The number of carbonyl (C=O) groups excluding carboxylic acids is 2. The van der Waals surface area contributed by atoms with E-state index in [4.69, 9.17) is 25.8 Å². The van der Waals surface area contributed by atoms with Crippen LogP contribution in [0.2, 0.25) is 5.02 Å². The van der Waals surface area contributed by atoms with Crippen molar-refractivity contribution in [3.05, 3.63) is 82.8 Å². The van der Waals surface area contributed by atoms with E-state index in [0.29, 0.717) is 34.9 Å². The van der Waals surface area contributed by atoms with Crippen LogP contribution in [0.4, 0.5) is 23.2 Å². The Bertz CT molecular complexity index is 1750. The molecule has 9 nitrogen and oxygen atoms in total. The molecule has 0 unspecified atom stereocenters. The zero-order valence-electron chi connectivity index (χ0n) is 24.5. The van der Waals surface area contributed by atoms with Gasteiger partial charge in [-0.15, -0.1) is 0 Å². The normalized spacial score (nSPS) is 13.7. The fourth-order valence-electron chi connectivity index (χ4n) is 4.94. The monoisotopic (exact) mass is 660 g/mol. The number of anilines is 1. The van der Waals surface area contributed by atoms with Crippen LogP contribution in [-0.2, 0) is 22.3 Å². The molecule has 3 aromatic carbocycles. The summed E-state index contributed by atoms with van der Waals surface area (Å²) < 4.78 is 72.5. The Morgan fingerprint density at radius 2 is 1.76 bits per heavy atom. The van der Waals surface area contributed by atoms with Crippen molar-refractivity contribution in [3.63, 3.8) is 0 Å². The molecule has 0 atom stereocenters. The number of amides is 2. The summed E-state index contributed by atoms with van der Waals surface area (Å²) in [5, 5.41) is 8.07. The van der Waals surface area contributed by atoms with Gasteiger partial charge in [0.05, 0.1) is 24.8 Å². The third-order valence-electron chi connectivity index (χ3n) is 7.35. The Kier molecular flexibility index (Phi) is 10.1. The Labute approximate surface area is 266 Å². The molecule has 0 saturated carbocycles. The van der Waals surface area contributed by atoms with Crippen molar-refractivity contribution in [1.82, 2.24) is 15.6 Å². The number of aromatic nitrogens is 1. The number of piperidine rings is 1. The number of pyridine rings is 1. The third-order valence-corrected chi connectivity index (χ3v) is 7.59. The largest absolute Gasteiger partial charge is 0.493 e. The molecule has 1 fully saturated rings. The second-order valence-corrected chi connectivity index (χ2v) is 11.0. The molecule has 1 aliphatic heterocycles. The van der Waals surface area contributed by atoms with Gasteiger partial charge in [-0.1, -0.05) is 17.7 Å². The number of carbonyl (C=O) groups is 2. The van der Waals surface area contributed by atoms with Crippen LogP contribution < -0.4 is 30.2 Å². The number of halogens is 5. The van der Waals surface area contributed by atoms with Gasteiger partial charge in [0.2, 0.25) is 0 Å². The highest BCUT2D eigenvalue weighted by molar-refractivity contribution is 6.39. The van der Waals surface area contributed by atoms with Gasteiger partial charge in [0, 0.05) is 41.0 Å². The average Bonchev–Trinajstić information content (AvgIpc) is 3.04. The summed E-state index contributed by atoms with van der Waals surface area (Å²) in [5.74, 6) is -1.76. The van der Waals surface area contributed by atoms with Gasteiger partial charge >= 0.3 is 18.0 Å². The van der Waals surface area contributed by atoms with E-state index < -0.39 is 35.9 Å². The quantitative estimate of drug-likeness (QED) is 0.139. The molecular formula is C32H29ClF4N4O5. The van der Waals surface area contributed by atoms with Crippen molar-refractivity contribution in [1.29, 1.82) is 0 Å². The maximum absolute atomic E-state index is 15.1. The molecule has 0 aliphatic carbocycles. The van der Waals surface area contributed by atoms with Crippen molar-refractivity contribution in [3.8, 4) is 23.0 Å². The highest BCUT2D eigenvalue weighted by Crippen LogP contribution is 2.38. The molecule has 46 heavy (non-hydrogen) atoms. The zero-order valence-corrected chi connectivity index (χ0v) is 25.2. The summed E-state index contributed by atoms with van der Waals surface area (Å²) in [5.41, 5.74) is -0.868. The third kappa shape index (κ3) is 7.96. The van der Waals surface area contributed by atoms with Crippen molar-refractivity contribution < 1.29 is 41.4 Å². The maximum Gasteiger partial charge on any atom is 0.416 e. The summed E-state index contributed by atoms with van der Waals surface area (Å²) in [6, 6.07) is 11.6. The molecule has 3 N–H and O–H groups in total. The summed E-state index contributed by atoms with van der Waals surface area (Å²) >= 11 is 5.67. The van der Waals surface area contributed by atoms with Gasteiger partial charge in [0.15, 0.2) is 23.1 Å². The Morgan fingerprint density at radius 1 is 0.978 bits per heavy atom. The maximum atomic E-state index is 15.1. The van der Waals surface area contributed by atoms with Crippen LogP contribution in [0.3, 0.4) is 0 Å². The Hall–Kier alpha value is -4.62. The van der Waals surface area contributed by atoms with Gasteiger partial charge in [-0.3, -0.25) is 14.6 Å². The number of rotatable bonds is 9. The molecule has 1 saturated heterocycles. The van der Waals surface area contributed by atoms with E-state index in [1.165, 1.54) is 31.5 Å². The van der Waals surface area contributed by atoms with Crippen LogP contribution in [0.15, 0.2) is 60.8 Å². The molecular weight excluding hydrogens is 632 g/mol. The summed E-state index contributed by atoms with van der Waals surface area (Å²) in [4.78, 5) is 29.1. The minimum Gasteiger partial charge on any atom is -0.493 e. The second kappa shape index (κ2) is 14.2. The van der Waals surface area contributed by atoms with Crippen LogP contribution in [-0.4, -0.2) is 43.6 Å². The first-order chi connectivity index (χ1) is 22.0. The molecule has 2 heterocycles. The summed E-state index contributed by atoms with van der Waals surface area (Å²) in [7, 11) is 1.51. The molecule has 4 aromatic rings. The first-order valence-corrected chi connectivity index (χ1v) is 14.6. The smallest absolute Gasteiger partial charge is 0.416 e. The minimum absolute atomic E-state index is 0.0794. The number of alkyl halides is 3. The number of methoxy groups -OCH3 is 1. The average molecular weight is 661 g/mol. The molecule has 242 valence electrons. The van der Waals surface area contributed by atoms with Crippen molar-refractivity contribution in [2.45, 2.75) is 25.6 Å². The number of nitrogens with one attached hydrogen (secondary N) is 3. The highest BCUT2D eigenvalue weighted by atomic mass is 35.5. The first kappa shape index (κ1) is 32.8. The first-order valence-electron chi connectivity index (χ1n) is 14.2. The SMILES string of the molecule is COc1cc2c(Oc3ccc(NC(=O)C(=O)NCc4ccc(Cl)cc4C(F)(F)F)cc3F)ccnc2cc1OCC1CCNCC1. The standard InChI is InChI=1S/C32H29ClF4N4O5/c1-44-28-14-22-25(15-29(28)45-17-18-6-9-38-10-7-18)39-11-8-26(22)46-27-5-4-21(13-24(27)34)41-31(43)30(42)40-16-19-2-3-20(33)12-23(19)32(35,36)37/h2-5,8,11-15,18,38H,6-7,9-10,16-17H2,1H3,(H,40,42)(H,41,43). The van der Waals surface area contributed by atoms with Crippen molar-refractivity contribution >= 4 is 40.0 Å². The Balaban J connectivity index is 1.24. The summed E-state index contributed by atoms with van der Waals surface area (Å²) in [6.07, 6.45) is -1.17. The lowest BCUT2D eigenvalue weighted by Crippen LogP contribution is -2.35. The molecule has 0 bridgehead atoms. The molecule has 0 radical (unpaired) electrons. The van der Waals surface area contributed by atoms with Gasteiger partial charge in [0.25, 0.3) is 0 Å².